The summed E-state index contributed by atoms with van der Waals surface area (Å²) < 4.78 is 5.83. The van der Waals surface area contributed by atoms with E-state index in [2.05, 4.69) is 35.2 Å². The maximum absolute atomic E-state index is 13.4. The van der Waals surface area contributed by atoms with Crippen molar-refractivity contribution in [3.8, 4) is 11.5 Å². The zero-order valence-electron chi connectivity index (χ0n) is 24.9. The third kappa shape index (κ3) is 4.81. The Morgan fingerprint density at radius 3 is 2.69 bits per heavy atom. The Kier molecular flexibility index (Phi) is 7.62. The van der Waals surface area contributed by atoms with Gasteiger partial charge in [-0.25, -0.2) is 0 Å². The SMILES string of the molecule is COc1c(O)ccc2c1[C@]13CCN(CCc4ccccc4)[C@H](C2)[C@]1(O)CC[C@@H](N(C)C(=O)C=Cc1cccc(C)c1)C3. The average molecular weight is 567 g/mol. The molecular formula is C36H42N2O4. The molecule has 3 aromatic rings. The maximum atomic E-state index is 13.4. The molecule has 42 heavy (non-hydrogen) atoms. The second-order valence-electron chi connectivity index (χ2n) is 12.5. The highest BCUT2D eigenvalue weighted by Crippen LogP contribution is 2.61. The largest absolute Gasteiger partial charge is 0.504 e. The minimum absolute atomic E-state index is 0.0418. The number of hydrogen-bond donors (Lipinski definition) is 2. The number of likely N-dealkylation sites (tertiary alicyclic amines) is 1. The van der Waals surface area contributed by atoms with Crippen molar-refractivity contribution in [1.29, 1.82) is 0 Å². The molecule has 3 aromatic carbocycles. The van der Waals surface area contributed by atoms with Crippen LogP contribution in [0, 0.1) is 6.92 Å². The van der Waals surface area contributed by atoms with Crippen LogP contribution in [0.5, 0.6) is 11.5 Å². The Morgan fingerprint density at radius 2 is 1.93 bits per heavy atom. The predicted octanol–water partition coefficient (Wildman–Crippen LogP) is 5.28. The van der Waals surface area contributed by atoms with E-state index < -0.39 is 11.0 Å². The number of amides is 1. The molecule has 1 aliphatic heterocycles. The molecule has 0 aromatic heterocycles. The molecule has 2 fully saturated rings. The summed E-state index contributed by atoms with van der Waals surface area (Å²) in [4.78, 5) is 17.7. The highest BCUT2D eigenvalue weighted by atomic mass is 16.5. The number of rotatable bonds is 7. The molecule has 0 unspecified atom stereocenters. The summed E-state index contributed by atoms with van der Waals surface area (Å²) in [5, 5.41) is 23.7. The molecular weight excluding hydrogens is 524 g/mol. The Labute approximate surface area is 249 Å². The van der Waals surface area contributed by atoms with Crippen LogP contribution in [0.4, 0.5) is 0 Å². The number of carbonyl (C=O) groups excluding carboxylic acids is 1. The minimum Gasteiger partial charge on any atom is -0.504 e. The van der Waals surface area contributed by atoms with Crippen molar-refractivity contribution in [2.24, 2.45) is 0 Å². The lowest BCUT2D eigenvalue weighted by Gasteiger charge is -2.65. The van der Waals surface area contributed by atoms with E-state index in [1.165, 1.54) is 5.56 Å². The first-order valence-corrected chi connectivity index (χ1v) is 15.2. The molecule has 1 saturated carbocycles. The van der Waals surface area contributed by atoms with Crippen LogP contribution in [0.1, 0.15) is 53.5 Å². The van der Waals surface area contributed by atoms with Crippen molar-refractivity contribution < 1.29 is 19.7 Å². The number of nitrogens with zero attached hydrogens (tertiary/aromatic N) is 2. The molecule has 3 aliphatic rings. The number of phenolic OH excluding ortho intramolecular Hbond substituents is 1. The molecule has 6 nitrogen and oxygen atoms in total. The van der Waals surface area contributed by atoms with Crippen LogP contribution < -0.4 is 4.74 Å². The number of ether oxygens (including phenoxy) is 1. The van der Waals surface area contributed by atoms with Gasteiger partial charge in [0, 0.05) is 42.7 Å². The van der Waals surface area contributed by atoms with Crippen LogP contribution >= 0.6 is 0 Å². The van der Waals surface area contributed by atoms with Crippen molar-refractivity contribution in [1.82, 2.24) is 9.80 Å². The topological polar surface area (TPSA) is 73.2 Å². The van der Waals surface area contributed by atoms with Gasteiger partial charge in [-0.15, -0.1) is 0 Å². The van der Waals surface area contributed by atoms with Crippen molar-refractivity contribution in [2.75, 3.05) is 27.2 Å². The van der Waals surface area contributed by atoms with Gasteiger partial charge in [0.2, 0.25) is 5.91 Å². The summed E-state index contributed by atoms with van der Waals surface area (Å²) in [6.07, 6.45) is 7.83. The summed E-state index contributed by atoms with van der Waals surface area (Å²) in [5.41, 5.74) is 3.89. The van der Waals surface area contributed by atoms with Gasteiger partial charge in [0.25, 0.3) is 0 Å². The fourth-order valence-electron chi connectivity index (χ4n) is 8.12. The van der Waals surface area contributed by atoms with E-state index in [9.17, 15) is 15.0 Å². The number of aromatic hydroxyl groups is 1. The van der Waals surface area contributed by atoms with Gasteiger partial charge in [-0.05, 0) is 80.8 Å². The number of phenols is 1. The van der Waals surface area contributed by atoms with E-state index in [0.29, 0.717) is 25.0 Å². The molecule has 1 amide bonds. The first-order valence-electron chi connectivity index (χ1n) is 15.2. The smallest absolute Gasteiger partial charge is 0.246 e. The molecule has 4 atom stereocenters. The van der Waals surface area contributed by atoms with Crippen LogP contribution in [0.25, 0.3) is 6.08 Å². The molecule has 2 aliphatic carbocycles. The Balaban J connectivity index is 1.32. The van der Waals surface area contributed by atoms with Crippen LogP contribution in [-0.2, 0) is 23.1 Å². The normalized spacial score (nSPS) is 26.9. The highest BCUT2D eigenvalue weighted by Gasteiger charge is 2.66. The van der Waals surface area contributed by atoms with Gasteiger partial charge >= 0.3 is 0 Å². The Hall–Kier alpha value is -3.61. The number of benzene rings is 3. The number of methoxy groups -OCH3 is 1. The zero-order chi connectivity index (χ0) is 29.5. The number of piperidine rings is 1. The molecule has 6 rings (SSSR count). The number of fused-ring (bicyclic) bond motifs is 1. The van der Waals surface area contributed by atoms with Gasteiger partial charge in [0.15, 0.2) is 11.5 Å². The van der Waals surface area contributed by atoms with Crippen LogP contribution in [0.2, 0.25) is 0 Å². The van der Waals surface area contributed by atoms with E-state index in [1.54, 1.807) is 19.3 Å². The second-order valence-corrected chi connectivity index (χ2v) is 12.5. The van der Waals surface area contributed by atoms with Crippen LogP contribution in [0.15, 0.2) is 72.8 Å². The number of aliphatic hydroxyl groups is 1. The summed E-state index contributed by atoms with van der Waals surface area (Å²) in [6.45, 7) is 3.76. The van der Waals surface area contributed by atoms with E-state index in [0.717, 1.165) is 54.6 Å². The van der Waals surface area contributed by atoms with Gasteiger partial charge in [0.05, 0.1) is 12.7 Å². The third-order valence-electron chi connectivity index (χ3n) is 10.3. The highest BCUT2D eigenvalue weighted by molar-refractivity contribution is 5.91. The molecule has 2 N–H and O–H groups in total. The summed E-state index contributed by atoms with van der Waals surface area (Å²) in [7, 11) is 3.47. The molecule has 220 valence electrons. The molecule has 1 saturated heterocycles. The molecule has 6 heteroatoms. The van der Waals surface area contributed by atoms with Crippen molar-refractivity contribution >= 4 is 12.0 Å². The van der Waals surface area contributed by atoms with Crippen LogP contribution in [-0.4, -0.2) is 70.9 Å². The predicted molar refractivity (Wildman–Crippen MR) is 166 cm³/mol. The summed E-state index contributed by atoms with van der Waals surface area (Å²) >= 11 is 0. The van der Waals surface area contributed by atoms with Crippen molar-refractivity contribution in [2.45, 2.75) is 68.5 Å². The van der Waals surface area contributed by atoms with E-state index in [4.69, 9.17) is 4.74 Å². The maximum Gasteiger partial charge on any atom is 0.246 e. The monoisotopic (exact) mass is 566 g/mol. The first kappa shape index (κ1) is 28.5. The van der Waals surface area contributed by atoms with E-state index in [-0.39, 0.29) is 23.7 Å². The van der Waals surface area contributed by atoms with Gasteiger partial charge in [-0.3, -0.25) is 9.69 Å². The van der Waals surface area contributed by atoms with Gasteiger partial charge in [0.1, 0.15) is 0 Å². The van der Waals surface area contributed by atoms with E-state index in [1.807, 2.05) is 55.3 Å². The van der Waals surface area contributed by atoms with Crippen molar-refractivity contribution in [3.05, 3.63) is 101 Å². The fraction of sp³-hybridized carbons (Fsp3) is 0.417. The standard InChI is InChI=1S/C36H42N2O4/c1-25-8-7-11-27(22-25)12-15-32(40)37(2)29-16-18-36(41)31-23-28-13-14-30(39)34(42-3)33(28)35(36,24-29)19-21-38(31)20-17-26-9-5-4-6-10-26/h4-15,22,29,31,39,41H,16-21,23-24H2,1-3H3/t29-,31-,35-,36-/m1/s1. The summed E-state index contributed by atoms with van der Waals surface area (Å²) in [5.74, 6) is 0.528. The van der Waals surface area contributed by atoms with Gasteiger partial charge in [-0.2, -0.15) is 0 Å². The molecule has 2 bridgehead atoms. The fourth-order valence-corrected chi connectivity index (χ4v) is 8.12. The molecule has 0 radical (unpaired) electrons. The first-order chi connectivity index (χ1) is 20.3. The van der Waals surface area contributed by atoms with Gasteiger partial charge in [-0.1, -0.05) is 66.2 Å². The molecule has 1 heterocycles. The molecule has 0 spiro atoms. The number of aryl methyl sites for hydroxylation is 1. The van der Waals surface area contributed by atoms with E-state index >= 15 is 0 Å². The Bertz CT molecular complexity index is 1490. The number of hydrogen-bond acceptors (Lipinski definition) is 5. The third-order valence-corrected chi connectivity index (χ3v) is 10.3. The van der Waals surface area contributed by atoms with Crippen LogP contribution in [0.3, 0.4) is 0 Å². The average Bonchev–Trinajstić information content (AvgIpc) is 2.99. The van der Waals surface area contributed by atoms with Crippen molar-refractivity contribution in [3.63, 3.8) is 0 Å². The lowest BCUT2D eigenvalue weighted by atomic mass is 9.48. The Morgan fingerprint density at radius 1 is 1.12 bits per heavy atom. The lowest BCUT2D eigenvalue weighted by Crippen LogP contribution is -2.74. The number of carbonyl (C=O) groups is 1. The second kappa shape index (κ2) is 11.2. The number of likely N-dealkylation sites (N-methyl/N-ethyl adjacent to an activating group) is 1. The lowest BCUT2D eigenvalue weighted by molar-refractivity contribution is -0.177. The van der Waals surface area contributed by atoms with Gasteiger partial charge < -0.3 is 19.8 Å². The minimum atomic E-state index is -0.992. The summed E-state index contributed by atoms with van der Waals surface area (Å²) in [6, 6.07) is 22.3. The zero-order valence-corrected chi connectivity index (χ0v) is 24.9. The quantitative estimate of drug-likeness (QED) is 0.381.